The summed E-state index contributed by atoms with van der Waals surface area (Å²) in [6, 6.07) is 0. The number of nitrogens with zero attached hydrogens (tertiary/aromatic N) is 1. The van der Waals surface area contributed by atoms with Gasteiger partial charge in [-0.25, -0.2) is 0 Å². The second-order valence-corrected chi connectivity index (χ2v) is 9.01. The Bertz CT molecular complexity index is 626. The fourth-order valence-electron chi connectivity index (χ4n) is 4.91. The lowest BCUT2D eigenvalue weighted by molar-refractivity contribution is -0.148. The molecule has 0 aliphatic heterocycles. The fraction of sp³-hybridized carbons (Fsp3) is 0.773. The summed E-state index contributed by atoms with van der Waals surface area (Å²) in [5, 5.41) is 11.5. The van der Waals surface area contributed by atoms with E-state index in [1.165, 1.54) is 6.92 Å². The van der Waals surface area contributed by atoms with E-state index in [9.17, 15) is 14.7 Å². The first-order chi connectivity index (χ1) is 12.6. The highest BCUT2D eigenvalue weighted by atomic mass is 16.5. The maximum absolute atomic E-state index is 12.3. The average Bonchev–Trinajstić information content (AvgIpc) is 3.41. The predicted molar refractivity (Wildman–Crippen MR) is 102 cm³/mol. The molecule has 5 nitrogen and oxygen atoms in total. The lowest BCUT2D eigenvalue weighted by Gasteiger charge is -2.52. The van der Waals surface area contributed by atoms with Crippen LogP contribution in [0.3, 0.4) is 0 Å². The minimum absolute atomic E-state index is 0.0548. The Balaban J connectivity index is 1.77. The Morgan fingerprint density at radius 2 is 2.04 bits per heavy atom. The van der Waals surface area contributed by atoms with E-state index in [1.807, 2.05) is 25.8 Å². The zero-order valence-corrected chi connectivity index (χ0v) is 17.2. The Morgan fingerprint density at radius 1 is 1.37 bits per heavy atom. The van der Waals surface area contributed by atoms with Crippen molar-refractivity contribution in [3.8, 4) is 0 Å². The van der Waals surface area contributed by atoms with Crippen molar-refractivity contribution in [3.05, 3.63) is 18.1 Å². The number of amides is 1. The average molecular weight is 376 g/mol. The third-order valence-corrected chi connectivity index (χ3v) is 6.75. The van der Waals surface area contributed by atoms with Crippen LogP contribution in [0.4, 0.5) is 0 Å². The molecule has 3 rings (SSSR count). The molecule has 0 saturated heterocycles. The van der Waals surface area contributed by atoms with Gasteiger partial charge in [0.15, 0.2) is 0 Å². The number of rotatable bonds is 5. The second-order valence-electron chi connectivity index (χ2n) is 9.01. The molecule has 150 valence electrons. The molecular weight excluding hydrogens is 342 g/mol. The Hall–Kier alpha value is -1.36. The lowest BCUT2D eigenvalue weighted by atomic mass is 9.57. The number of ether oxygens (including phenoxy) is 1. The van der Waals surface area contributed by atoms with Crippen LogP contribution in [0.25, 0.3) is 0 Å². The topological polar surface area (TPSA) is 66.8 Å². The number of aliphatic hydroxyl groups is 1. The molecule has 0 unspecified atom stereocenters. The van der Waals surface area contributed by atoms with E-state index in [1.54, 1.807) is 0 Å². The third-order valence-electron chi connectivity index (χ3n) is 6.75. The molecule has 2 radical (unpaired) electrons. The van der Waals surface area contributed by atoms with Gasteiger partial charge in [0.1, 0.15) is 6.10 Å². The summed E-state index contributed by atoms with van der Waals surface area (Å²) in [6.07, 6.45) is 8.67. The molecule has 2 saturated carbocycles. The van der Waals surface area contributed by atoms with Crippen LogP contribution in [-0.2, 0) is 14.3 Å². The van der Waals surface area contributed by atoms with Gasteiger partial charge in [-0.1, -0.05) is 19.9 Å². The molecule has 0 aromatic carbocycles. The van der Waals surface area contributed by atoms with E-state index in [4.69, 9.17) is 4.74 Å². The summed E-state index contributed by atoms with van der Waals surface area (Å²) in [4.78, 5) is 25.6. The van der Waals surface area contributed by atoms with Gasteiger partial charge in [0.25, 0.3) is 0 Å². The first kappa shape index (κ1) is 20.4. The highest BCUT2D eigenvalue weighted by Crippen LogP contribution is 2.50. The number of esters is 1. The maximum Gasteiger partial charge on any atom is 0.303 e. The standard InChI is InChI=1S/C22H33NO4/c1-13-10-19-18(14(2)12-23(5)21(25)17-7-8-17)9-6-15(3)22(19,26)11-20(13)27-16(4)24/h10,14-15,17-20,26H,6-9,12H2,1-5H3/t14-,15-,18+,19-,20-,22-/m1/s1. The van der Waals surface area contributed by atoms with Crippen molar-refractivity contribution in [2.75, 3.05) is 13.6 Å². The van der Waals surface area contributed by atoms with Crippen molar-refractivity contribution in [2.24, 2.45) is 29.6 Å². The minimum atomic E-state index is -1.10. The summed E-state index contributed by atoms with van der Waals surface area (Å²) in [6.45, 7) is 8.25. The molecule has 1 N–H and O–H groups in total. The normalized spacial score (nSPS) is 37.0. The fourth-order valence-corrected chi connectivity index (χ4v) is 4.91. The molecule has 5 heteroatoms. The summed E-state index contributed by atoms with van der Waals surface area (Å²) < 4.78 is 5.36. The van der Waals surface area contributed by atoms with Crippen molar-refractivity contribution in [1.29, 1.82) is 0 Å². The van der Waals surface area contributed by atoms with Gasteiger partial charge in [-0.15, -0.1) is 0 Å². The molecule has 0 aromatic heterocycles. The number of carbonyl (C=O) groups is 2. The molecule has 27 heavy (non-hydrogen) atoms. The smallest absolute Gasteiger partial charge is 0.303 e. The molecule has 0 spiro atoms. The molecule has 2 fully saturated rings. The van der Waals surface area contributed by atoms with Gasteiger partial charge < -0.3 is 14.7 Å². The van der Waals surface area contributed by atoms with E-state index in [2.05, 4.69) is 19.4 Å². The molecule has 3 aliphatic carbocycles. The number of fused-ring (bicyclic) bond motifs is 1. The second kappa shape index (κ2) is 7.57. The number of carbonyl (C=O) groups excluding carboxylic acids is 2. The molecule has 0 heterocycles. The first-order valence-electron chi connectivity index (χ1n) is 10.2. The summed E-state index contributed by atoms with van der Waals surface area (Å²) >= 11 is 0. The zero-order chi connectivity index (χ0) is 19.9. The van der Waals surface area contributed by atoms with Crippen molar-refractivity contribution >= 4 is 11.9 Å². The molecule has 6 atom stereocenters. The Labute approximate surface area is 163 Å². The monoisotopic (exact) mass is 375 g/mol. The van der Waals surface area contributed by atoms with Crippen LogP contribution >= 0.6 is 0 Å². The van der Waals surface area contributed by atoms with Gasteiger partial charge in [0.05, 0.1) is 12.0 Å². The SMILES string of the molecule is CC(=O)O[C@@H]1[C][C@@]2(O)[C@H](C)CC[C@@H]([C@H](C)CN(C)C(=O)C3CC3)[C@H]2C=C1C. The van der Waals surface area contributed by atoms with Gasteiger partial charge in [-0.05, 0) is 55.9 Å². The van der Waals surface area contributed by atoms with Crippen molar-refractivity contribution < 1.29 is 19.4 Å². The summed E-state index contributed by atoms with van der Waals surface area (Å²) in [7, 11) is 1.89. The van der Waals surface area contributed by atoms with E-state index in [0.29, 0.717) is 6.54 Å². The molecule has 3 aliphatic rings. The van der Waals surface area contributed by atoms with Gasteiger partial charge in [0.2, 0.25) is 5.91 Å². The number of hydrogen-bond donors (Lipinski definition) is 1. The van der Waals surface area contributed by atoms with E-state index in [0.717, 1.165) is 31.3 Å². The highest BCUT2D eigenvalue weighted by molar-refractivity contribution is 5.80. The van der Waals surface area contributed by atoms with Crippen LogP contribution in [0.15, 0.2) is 11.6 Å². The predicted octanol–water partition coefficient (Wildman–Crippen LogP) is 2.86. The summed E-state index contributed by atoms with van der Waals surface area (Å²) in [5.41, 5.74) is -0.177. The van der Waals surface area contributed by atoms with Crippen LogP contribution in [0.2, 0.25) is 0 Å². The first-order valence-corrected chi connectivity index (χ1v) is 10.2. The highest BCUT2D eigenvalue weighted by Gasteiger charge is 2.53. The van der Waals surface area contributed by atoms with E-state index < -0.39 is 11.7 Å². The van der Waals surface area contributed by atoms with E-state index in [-0.39, 0.29) is 41.5 Å². The van der Waals surface area contributed by atoms with E-state index >= 15 is 0 Å². The quantitative estimate of drug-likeness (QED) is 0.593. The van der Waals surface area contributed by atoms with Crippen molar-refractivity contribution in [3.63, 3.8) is 0 Å². The minimum Gasteiger partial charge on any atom is -0.457 e. The van der Waals surface area contributed by atoms with Crippen LogP contribution in [-0.4, -0.2) is 47.2 Å². The largest absolute Gasteiger partial charge is 0.457 e. The van der Waals surface area contributed by atoms with Gasteiger partial charge >= 0.3 is 5.97 Å². The van der Waals surface area contributed by atoms with Crippen LogP contribution in [0.5, 0.6) is 0 Å². The van der Waals surface area contributed by atoms with Crippen LogP contribution in [0, 0.1) is 36.0 Å². The molecular formula is C22H33NO4. The van der Waals surface area contributed by atoms with Crippen molar-refractivity contribution in [1.82, 2.24) is 4.90 Å². The maximum atomic E-state index is 12.3. The molecule has 1 amide bonds. The Kier molecular flexibility index (Phi) is 5.72. The Morgan fingerprint density at radius 3 is 2.63 bits per heavy atom. The molecule has 0 aromatic rings. The third kappa shape index (κ3) is 4.08. The van der Waals surface area contributed by atoms with Gasteiger partial charge in [-0.3, -0.25) is 9.59 Å². The summed E-state index contributed by atoms with van der Waals surface area (Å²) in [5.74, 6) is 0.653. The van der Waals surface area contributed by atoms with Gasteiger partial charge in [-0.2, -0.15) is 0 Å². The van der Waals surface area contributed by atoms with Crippen LogP contribution in [0.1, 0.15) is 53.4 Å². The van der Waals surface area contributed by atoms with Crippen LogP contribution < -0.4 is 0 Å². The van der Waals surface area contributed by atoms with Gasteiger partial charge in [0, 0.05) is 32.4 Å². The number of hydrogen-bond acceptors (Lipinski definition) is 4. The van der Waals surface area contributed by atoms with Crippen molar-refractivity contribution in [2.45, 2.75) is 65.1 Å². The molecule has 0 bridgehead atoms. The zero-order valence-electron chi connectivity index (χ0n) is 17.2. The lowest BCUT2D eigenvalue weighted by Crippen LogP contribution is -2.56.